The van der Waals surface area contributed by atoms with Crippen molar-refractivity contribution in [3.8, 4) is 0 Å². The number of ether oxygens (including phenoxy) is 1. The Bertz CT molecular complexity index is 742. The standard InChI is InChI=1S/C17H25N3O4S.ClH/c1-13-3-4-14(17(21)24-2)11-16(13)25(22,23)20-9-7-19(8-10-20)15-5-6-18-12-15;/h3-4,11,15,18H,5-10,12H2,1-2H3;1H. The van der Waals surface area contributed by atoms with Crippen LogP contribution in [0.15, 0.2) is 23.1 Å². The third-order valence-corrected chi connectivity index (χ3v) is 7.09. The van der Waals surface area contributed by atoms with Gasteiger partial charge in [0.1, 0.15) is 0 Å². The molecule has 1 aromatic carbocycles. The molecule has 2 fully saturated rings. The number of carbonyl (C=O) groups is 1. The smallest absolute Gasteiger partial charge is 0.337 e. The molecule has 7 nitrogen and oxygen atoms in total. The van der Waals surface area contributed by atoms with Gasteiger partial charge in [0.25, 0.3) is 0 Å². The highest BCUT2D eigenvalue weighted by atomic mass is 35.5. The lowest BCUT2D eigenvalue weighted by molar-refractivity contribution is 0.0600. The second-order valence-electron chi connectivity index (χ2n) is 6.56. The van der Waals surface area contributed by atoms with Crippen LogP contribution in [0.1, 0.15) is 22.3 Å². The molecule has 3 rings (SSSR count). The molecule has 26 heavy (non-hydrogen) atoms. The summed E-state index contributed by atoms with van der Waals surface area (Å²) < 4.78 is 32.3. The zero-order valence-corrected chi connectivity index (χ0v) is 16.7. The fraction of sp³-hybridized carbons (Fsp3) is 0.588. The number of esters is 1. The van der Waals surface area contributed by atoms with Crippen LogP contribution in [-0.2, 0) is 14.8 Å². The molecule has 2 aliphatic rings. The lowest BCUT2D eigenvalue weighted by atomic mass is 10.1. The van der Waals surface area contributed by atoms with Crippen LogP contribution in [-0.4, -0.2) is 76.0 Å². The molecule has 146 valence electrons. The predicted octanol–water partition coefficient (Wildman–Crippen LogP) is 0.872. The average Bonchev–Trinajstić information content (AvgIpc) is 3.16. The van der Waals surface area contributed by atoms with Crippen molar-refractivity contribution in [1.29, 1.82) is 0 Å². The summed E-state index contributed by atoms with van der Waals surface area (Å²) in [6.07, 6.45) is 1.12. The molecule has 9 heteroatoms. The molecule has 0 bridgehead atoms. The van der Waals surface area contributed by atoms with E-state index >= 15 is 0 Å². The van der Waals surface area contributed by atoms with E-state index in [1.807, 2.05) is 0 Å². The summed E-state index contributed by atoms with van der Waals surface area (Å²) in [5.41, 5.74) is 0.886. The van der Waals surface area contributed by atoms with E-state index in [0.29, 0.717) is 24.7 Å². The first-order chi connectivity index (χ1) is 11.9. The monoisotopic (exact) mass is 403 g/mol. The highest BCUT2D eigenvalue weighted by Crippen LogP contribution is 2.24. The largest absolute Gasteiger partial charge is 0.465 e. The third kappa shape index (κ3) is 4.20. The lowest BCUT2D eigenvalue weighted by Crippen LogP contribution is -2.52. The van der Waals surface area contributed by atoms with Crippen molar-refractivity contribution in [2.45, 2.75) is 24.3 Å². The number of nitrogens with one attached hydrogen (secondary N) is 1. The van der Waals surface area contributed by atoms with Crippen molar-refractivity contribution in [2.24, 2.45) is 0 Å². The Balaban J connectivity index is 0.00000243. The highest BCUT2D eigenvalue weighted by Gasteiger charge is 2.33. The van der Waals surface area contributed by atoms with Crippen LogP contribution in [0.2, 0.25) is 0 Å². The van der Waals surface area contributed by atoms with Crippen LogP contribution in [0, 0.1) is 6.92 Å². The summed E-state index contributed by atoms with van der Waals surface area (Å²) in [5.74, 6) is -0.532. The third-order valence-electron chi connectivity index (χ3n) is 5.05. The fourth-order valence-electron chi connectivity index (χ4n) is 3.52. The quantitative estimate of drug-likeness (QED) is 0.751. The highest BCUT2D eigenvalue weighted by molar-refractivity contribution is 7.89. The SMILES string of the molecule is COC(=O)c1ccc(C)c(S(=O)(=O)N2CCN(C3CCNC3)CC2)c1.Cl. The molecule has 2 saturated heterocycles. The number of aryl methyl sites for hydroxylation is 1. The maximum Gasteiger partial charge on any atom is 0.337 e. The molecular formula is C17H26ClN3O4S. The lowest BCUT2D eigenvalue weighted by Gasteiger charge is -2.37. The molecular weight excluding hydrogens is 378 g/mol. The molecule has 1 N–H and O–H groups in total. The first-order valence-corrected chi connectivity index (χ1v) is 10.0. The molecule has 0 spiro atoms. The molecule has 0 aliphatic carbocycles. The first-order valence-electron chi connectivity index (χ1n) is 8.57. The Morgan fingerprint density at radius 3 is 2.50 bits per heavy atom. The van der Waals surface area contributed by atoms with Gasteiger partial charge in [-0.25, -0.2) is 13.2 Å². The van der Waals surface area contributed by atoms with E-state index in [9.17, 15) is 13.2 Å². The van der Waals surface area contributed by atoms with Gasteiger partial charge in [0, 0.05) is 38.8 Å². The van der Waals surface area contributed by atoms with Crippen LogP contribution >= 0.6 is 12.4 Å². The second kappa shape index (κ2) is 8.67. The van der Waals surface area contributed by atoms with Crippen molar-refractivity contribution in [2.75, 3.05) is 46.4 Å². The number of hydrogen-bond donors (Lipinski definition) is 1. The van der Waals surface area contributed by atoms with E-state index < -0.39 is 16.0 Å². The van der Waals surface area contributed by atoms with E-state index in [0.717, 1.165) is 32.6 Å². The van der Waals surface area contributed by atoms with Gasteiger partial charge in [-0.3, -0.25) is 4.90 Å². The summed E-state index contributed by atoms with van der Waals surface area (Å²) in [6, 6.07) is 5.17. The Morgan fingerprint density at radius 1 is 1.23 bits per heavy atom. The number of nitrogens with zero attached hydrogens (tertiary/aromatic N) is 2. The molecule has 1 unspecified atom stereocenters. The Hall–Kier alpha value is -1.19. The maximum absolute atomic E-state index is 13.0. The van der Waals surface area contributed by atoms with Crippen LogP contribution in [0.25, 0.3) is 0 Å². The summed E-state index contributed by atoms with van der Waals surface area (Å²) in [6.45, 7) is 6.17. The van der Waals surface area contributed by atoms with E-state index in [1.165, 1.54) is 17.5 Å². The van der Waals surface area contributed by atoms with Crippen molar-refractivity contribution in [1.82, 2.24) is 14.5 Å². The van der Waals surface area contributed by atoms with E-state index in [4.69, 9.17) is 4.74 Å². The van der Waals surface area contributed by atoms with Gasteiger partial charge in [-0.05, 0) is 37.6 Å². The van der Waals surface area contributed by atoms with Gasteiger partial charge in [-0.2, -0.15) is 4.31 Å². The molecule has 2 heterocycles. The maximum atomic E-state index is 13.0. The van der Waals surface area contributed by atoms with E-state index in [1.54, 1.807) is 19.1 Å². The van der Waals surface area contributed by atoms with Crippen molar-refractivity contribution >= 4 is 28.4 Å². The normalized spacial score (nSPS) is 22.0. The number of methoxy groups -OCH3 is 1. The van der Waals surface area contributed by atoms with Crippen LogP contribution in [0.5, 0.6) is 0 Å². The summed E-state index contributed by atoms with van der Waals surface area (Å²) in [4.78, 5) is 14.3. The van der Waals surface area contributed by atoms with Gasteiger partial charge < -0.3 is 10.1 Å². The number of carbonyl (C=O) groups excluding carboxylic acids is 1. The van der Waals surface area contributed by atoms with Gasteiger partial charge in [0.15, 0.2) is 0 Å². The molecule has 0 radical (unpaired) electrons. The summed E-state index contributed by atoms with van der Waals surface area (Å²) >= 11 is 0. The minimum Gasteiger partial charge on any atom is -0.465 e. The first kappa shape index (κ1) is 21.1. The zero-order valence-electron chi connectivity index (χ0n) is 15.1. The molecule has 0 amide bonds. The van der Waals surface area contributed by atoms with Crippen molar-refractivity contribution < 1.29 is 17.9 Å². The molecule has 2 aliphatic heterocycles. The van der Waals surface area contributed by atoms with Crippen LogP contribution < -0.4 is 5.32 Å². The van der Waals surface area contributed by atoms with Gasteiger partial charge in [-0.1, -0.05) is 6.07 Å². The topological polar surface area (TPSA) is 79.0 Å². The fourth-order valence-corrected chi connectivity index (χ4v) is 5.20. The second-order valence-corrected chi connectivity index (χ2v) is 8.46. The Labute approximate surface area is 161 Å². The Kier molecular flexibility index (Phi) is 7.04. The van der Waals surface area contributed by atoms with Crippen molar-refractivity contribution in [3.63, 3.8) is 0 Å². The number of piperazine rings is 1. The number of halogens is 1. The van der Waals surface area contributed by atoms with Gasteiger partial charge >= 0.3 is 5.97 Å². The molecule has 1 aromatic rings. The summed E-state index contributed by atoms with van der Waals surface area (Å²) in [7, 11) is -2.34. The van der Waals surface area contributed by atoms with Gasteiger partial charge in [0.05, 0.1) is 17.6 Å². The Morgan fingerprint density at radius 2 is 1.92 bits per heavy atom. The van der Waals surface area contributed by atoms with E-state index in [-0.39, 0.29) is 22.9 Å². The number of rotatable bonds is 4. The van der Waals surface area contributed by atoms with Crippen molar-refractivity contribution in [3.05, 3.63) is 29.3 Å². The zero-order chi connectivity index (χ0) is 18.0. The summed E-state index contributed by atoms with van der Waals surface area (Å²) in [5, 5.41) is 3.35. The van der Waals surface area contributed by atoms with Gasteiger partial charge in [0.2, 0.25) is 10.0 Å². The van der Waals surface area contributed by atoms with E-state index in [2.05, 4.69) is 10.2 Å². The number of sulfonamides is 1. The minimum absolute atomic E-state index is 0. The average molecular weight is 404 g/mol. The predicted molar refractivity (Wildman–Crippen MR) is 101 cm³/mol. The number of benzene rings is 1. The van der Waals surface area contributed by atoms with Crippen LogP contribution in [0.3, 0.4) is 0 Å². The van der Waals surface area contributed by atoms with Gasteiger partial charge in [-0.15, -0.1) is 12.4 Å². The number of hydrogen-bond acceptors (Lipinski definition) is 6. The minimum atomic E-state index is -3.62. The van der Waals surface area contributed by atoms with Crippen LogP contribution in [0.4, 0.5) is 0 Å². The molecule has 0 saturated carbocycles. The molecule has 0 aromatic heterocycles. The molecule has 1 atom stereocenters.